The van der Waals surface area contributed by atoms with Crippen LogP contribution >= 0.6 is 0 Å². The summed E-state index contributed by atoms with van der Waals surface area (Å²) in [6.07, 6.45) is 8.12. The van der Waals surface area contributed by atoms with Crippen molar-refractivity contribution in [1.82, 2.24) is 5.43 Å². The summed E-state index contributed by atoms with van der Waals surface area (Å²) in [4.78, 5) is 13.5. The van der Waals surface area contributed by atoms with Gasteiger partial charge in [0.2, 0.25) is 0 Å². The molecule has 1 amide bonds. The Labute approximate surface area is 143 Å². The Morgan fingerprint density at radius 1 is 1.00 bits per heavy atom. The summed E-state index contributed by atoms with van der Waals surface area (Å²) >= 11 is 0. The van der Waals surface area contributed by atoms with Crippen molar-refractivity contribution < 1.29 is 9.69 Å². The van der Waals surface area contributed by atoms with Crippen molar-refractivity contribution in [3.63, 3.8) is 0 Å². The van der Waals surface area contributed by atoms with Gasteiger partial charge in [0.05, 0.1) is 19.3 Å². The molecule has 0 unspecified atom stereocenters. The molecule has 4 nitrogen and oxygen atoms in total. The minimum absolute atomic E-state index is 0.00191. The number of likely N-dealkylation sites (tertiary alicyclic amines) is 1. The second-order valence-corrected chi connectivity index (χ2v) is 6.56. The molecule has 2 aromatic carbocycles. The van der Waals surface area contributed by atoms with Gasteiger partial charge in [-0.15, -0.1) is 0 Å². The highest BCUT2D eigenvalue weighted by Crippen LogP contribution is 2.16. The third-order valence-electron chi connectivity index (χ3n) is 4.69. The second kappa shape index (κ2) is 8.60. The lowest BCUT2D eigenvalue weighted by atomic mass is 10.1. The van der Waals surface area contributed by atoms with E-state index in [1.54, 1.807) is 6.21 Å². The van der Waals surface area contributed by atoms with Gasteiger partial charge in [0.25, 0.3) is 5.91 Å². The van der Waals surface area contributed by atoms with Gasteiger partial charge in [0.15, 0.2) is 6.54 Å². The predicted molar refractivity (Wildman–Crippen MR) is 98.3 cm³/mol. The Hall–Kier alpha value is -2.20. The minimum Gasteiger partial charge on any atom is -0.327 e. The Morgan fingerprint density at radius 2 is 1.71 bits per heavy atom. The molecule has 1 aliphatic rings. The van der Waals surface area contributed by atoms with Crippen LogP contribution in [0.3, 0.4) is 0 Å². The SMILES string of the molecule is O=C(C[NH+]1CCCCCCC1)N/N=C\c1cccc2ccccc12. The lowest BCUT2D eigenvalue weighted by Gasteiger charge is -2.20. The van der Waals surface area contributed by atoms with Crippen molar-refractivity contribution >= 4 is 22.9 Å². The molecule has 0 radical (unpaired) electrons. The molecule has 1 heterocycles. The van der Waals surface area contributed by atoms with Crippen LogP contribution in [0, 0.1) is 0 Å². The predicted octanol–water partition coefficient (Wildman–Crippen LogP) is 2.14. The molecular formula is C20H26N3O+. The van der Waals surface area contributed by atoms with Gasteiger partial charge in [0, 0.05) is 5.56 Å². The largest absolute Gasteiger partial charge is 0.327 e. The summed E-state index contributed by atoms with van der Waals surface area (Å²) in [7, 11) is 0. The number of quaternary nitrogens is 1. The van der Waals surface area contributed by atoms with Gasteiger partial charge in [-0.3, -0.25) is 4.79 Å². The van der Waals surface area contributed by atoms with Crippen LogP contribution in [0.4, 0.5) is 0 Å². The van der Waals surface area contributed by atoms with Crippen molar-refractivity contribution in [2.24, 2.45) is 5.10 Å². The van der Waals surface area contributed by atoms with E-state index in [0.717, 1.165) is 24.0 Å². The zero-order valence-corrected chi connectivity index (χ0v) is 14.1. The number of fused-ring (bicyclic) bond motifs is 1. The number of carbonyl (C=O) groups excluding carboxylic acids is 1. The number of hydrogen-bond donors (Lipinski definition) is 2. The van der Waals surface area contributed by atoms with Crippen molar-refractivity contribution in [3.8, 4) is 0 Å². The molecule has 0 aromatic heterocycles. The molecule has 0 aliphatic carbocycles. The summed E-state index contributed by atoms with van der Waals surface area (Å²) in [5, 5.41) is 6.49. The van der Waals surface area contributed by atoms with E-state index in [1.165, 1.54) is 42.4 Å². The van der Waals surface area contributed by atoms with Gasteiger partial charge < -0.3 is 4.90 Å². The molecule has 24 heavy (non-hydrogen) atoms. The first kappa shape index (κ1) is 16.7. The van der Waals surface area contributed by atoms with Crippen LogP contribution < -0.4 is 10.3 Å². The summed E-state index contributed by atoms with van der Waals surface area (Å²) in [6, 6.07) is 14.3. The first-order chi connectivity index (χ1) is 11.8. The average molecular weight is 324 g/mol. The molecule has 1 aliphatic heterocycles. The number of amides is 1. The first-order valence-electron chi connectivity index (χ1n) is 8.96. The number of nitrogens with zero attached hydrogens (tertiary/aromatic N) is 1. The standard InChI is InChI=1S/C20H25N3O/c24-20(16-23-13-6-2-1-3-7-14-23)22-21-15-18-11-8-10-17-9-4-5-12-19(17)18/h4-5,8-12,15H,1-3,6-7,13-14,16H2,(H,22,24)/p+1/b21-15-. The van der Waals surface area contributed by atoms with Crippen molar-refractivity contribution in [2.75, 3.05) is 19.6 Å². The van der Waals surface area contributed by atoms with Crippen LogP contribution in [0.2, 0.25) is 0 Å². The third-order valence-corrected chi connectivity index (χ3v) is 4.69. The molecule has 1 fully saturated rings. The number of rotatable bonds is 4. The molecular weight excluding hydrogens is 298 g/mol. The number of carbonyl (C=O) groups is 1. The Morgan fingerprint density at radius 3 is 2.54 bits per heavy atom. The third kappa shape index (κ3) is 4.65. The molecule has 2 aromatic rings. The van der Waals surface area contributed by atoms with Gasteiger partial charge in [-0.25, -0.2) is 5.43 Å². The van der Waals surface area contributed by atoms with Crippen LogP contribution in [0.25, 0.3) is 10.8 Å². The lowest BCUT2D eigenvalue weighted by Crippen LogP contribution is -3.13. The van der Waals surface area contributed by atoms with E-state index in [0.29, 0.717) is 6.54 Å². The fraction of sp³-hybridized carbons (Fsp3) is 0.400. The van der Waals surface area contributed by atoms with Crippen molar-refractivity contribution in [1.29, 1.82) is 0 Å². The van der Waals surface area contributed by atoms with E-state index >= 15 is 0 Å². The number of hydrazone groups is 1. The molecule has 0 bridgehead atoms. The molecule has 1 saturated heterocycles. The van der Waals surface area contributed by atoms with Gasteiger partial charge >= 0.3 is 0 Å². The quantitative estimate of drug-likeness (QED) is 0.657. The normalized spacial score (nSPS) is 16.8. The van der Waals surface area contributed by atoms with Crippen molar-refractivity contribution in [3.05, 3.63) is 48.0 Å². The van der Waals surface area contributed by atoms with E-state index in [9.17, 15) is 4.79 Å². The number of benzene rings is 2. The molecule has 126 valence electrons. The minimum atomic E-state index is 0.00191. The Kier molecular flexibility index (Phi) is 5.96. The smallest absolute Gasteiger partial charge is 0.295 e. The molecule has 4 heteroatoms. The van der Waals surface area contributed by atoms with Crippen LogP contribution in [0.5, 0.6) is 0 Å². The Bertz CT molecular complexity index is 698. The number of hydrogen-bond acceptors (Lipinski definition) is 2. The summed E-state index contributed by atoms with van der Waals surface area (Å²) in [5.74, 6) is 0.00191. The maximum atomic E-state index is 12.1. The molecule has 0 atom stereocenters. The van der Waals surface area contributed by atoms with Crippen molar-refractivity contribution in [2.45, 2.75) is 32.1 Å². The highest BCUT2D eigenvalue weighted by molar-refractivity contribution is 5.99. The van der Waals surface area contributed by atoms with Gasteiger partial charge in [-0.2, -0.15) is 5.10 Å². The summed E-state index contributed by atoms with van der Waals surface area (Å²) in [6.45, 7) is 2.72. The zero-order valence-electron chi connectivity index (χ0n) is 14.1. The Balaban J connectivity index is 1.56. The van der Waals surface area contributed by atoms with E-state index in [2.05, 4.69) is 28.7 Å². The maximum Gasteiger partial charge on any atom is 0.295 e. The van der Waals surface area contributed by atoms with Crippen LogP contribution in [-0.2, 0) is 4.79 Å². The van der Waals surface area contributed by atoms with Gasteiger partial charge in [-0.05, 0) is 36.5 Å². The highest BCUT2D eigenvalue weighted by atomic mass is 16.2. The van der Waals surface area contributed by atoms with E-state index in [1.807, 2.05) is 24.3 Å². The van der Waals surface area contributed by atoms with Gasteiger partial charge in [-0.1, -0.05) is 48.9 Å². The van der Waals surface area contributed by atoms with E-state index < -0.39 is 0 Å². The second-order valence-electron chi connectivity index (χ2n) is 6.56. The monoisotopic (exact) mass is 324 g/mol. The fourth-order valence-corrected chi connectivity index (χ4v) is 3.39. The van der Waals surface area contributed by atoms with Crippen LogP contribution in [-0.4, -0.2) is 31.8 Å². The van der Waals surface area contributed by atoms with Crippen LogP contribution in [0.1, 0.15) is 37.7 Å². The lowest BCUT2D eigenvalue weighted by molar-refractivity contribution is -0.893. The molecule has 3 rings (SSSR count). The van der Waals surface area contributed by atoms with E-state index in [4.69, 9.17) is 0 Å². The molecule has 0 saturated carbocycles. The fourth-order valence-electron chi connectivity index (χ4n) is 3.39. The number of nitrogens with one attached hydrogen (secondary N) is 2. The molecule has 0 spiro atoms. The zero-order chi connectivity index (χ0) is 16.6. The van der Waals surface area contributed by atoms with Crippen LogP contribution in [0.15, 0.2) is 47.6 Å². The topological polar surface area (TPSA) is 45.9 Å². The first-order valence-corrected chi connectivity index (χ1v) is 8.96. The van der Waals surface area contributed by atoms with Gasteiger partial charge in [0.1, 0.15) is 0 Å². The van der Waals surface area contributed by atoms with E-state index in [-0.39, 0.29) is 5.91 Å². The maximum absolute atomic E-state index is 12.1. The highest BCUT2D eigenvalue weighted by Gasteiger charge is 2.14. The molecule has 2 N–H and O–H groups in total. The average Bonchev–Trinajstić information content (AvgIpc) is 2.57. The summed E-state index contributed by atoms with van der Waals surface area (Å²) < 4.78 is 0. The summed E-state index contributed by atoms with van der Waals surface area (Å²) in [5.41, 5.74) is 3.71.